The van der Waals surface area contributed by atoms with Crippen LogP contribution < -0.4 is 19.9 Å². The maximum absolute atomic E-state index is 12.0. The first-order chi connectivity index (χ1) is 16.1. The zero-order chi connectivity index (χ0) is 22.6. The molecule has 0 aliphatic carbocycles. The third-order valence-corrected chi connectivity index (χ3v) is 5.86. The minimum atomic E-state index is -0.443. The Bertz CT molecular complexity index is 1180. The fourth-order valence-corrected chi connectivity index (χ4v) is 4.10. The molecular weight excluding hydrogens is 446 g/mol. The first-order valence-corrected chi connectivity index (χ1v) is 11.0. The van der Waals surface area contributed by atoms with Crippen LogP contribution in [-0.4, -0.2) is 57.3 Å². The third kappa shape index (κ3) is 4.95. The Hall–Kier alpha value is -3.93. The molecule has 2 aliphatic heterocycles. The summed E-state index contributed by atoms with van der Waals surface area (Å²) in [6.45, 7) is 3.06. The monoisotopic (exact) mass is 465 g/mol. The molecule has 0 spiro atoms. The number of carbonyl (C=O) groups excluding carboxylic acids is 2. The molecule has 5 heterocycles. The van der Waals surface area contributed by atoms with E-state index in [0.29, 0.717) is 36.4 Å². The van der Waals surface area contributed by atoms with Crippen molar-refractivity contribution in [3.05, 3.63) is 59.5 Å². The zero-order valence-corrected chi connectivity index (χ0v) is 18.2. The van der Waals surface area contributed by atoms with Crippen molar-refractivity contribution in [2.24, 2.45) is 0 Å². The summed E-state index contributed by atoms with van der Waals surface area (Å²) in [5.74, 6) is 1.04. The molecule has 3 aromatic heterocycles. The lowest BCUT2D eigenvalue weighted by molar-refractivity contribution is -0.115. The largest absolute Gasteiger partial charge is 0.469 e. The highest BCUT2D eigenvalue weighted by atomic mass is 32.2. The van der Waals surface area contributed by atoms with Crippen LogP contribution in [0.3, 0.4) is 0 Å². The van der Waals surface area contributed by atoms with Crippen molar-refractivity contribution >= 4 is 40.6 Å². The molecule has 5 rings (SSSR count). The van der Waals surface area contributed by atoms with Gasteiger partial charge in [-0.05, 0) is 30.0 Å². The fraction of sp³-hybridized carbons (Fsp3) is 0.238. The number of aromatic nitrogens is 4. The molecule has 0 unspecified atom stereocenters. The van der Waals surface area contributed by atoms with Crippen LogP contribution in [0.2, 0.25) is 0 Å². The number of ether oxygens (including phenoxy) is 1. The van der Waals surface area contributed by atoms with Gasteiger partial charge in [-0.3, -0.25) is 14.9 Å². The van der Waals surface area contributed by atoms with E-state index in [0.717, 1.165) is 30.5 Å². The third-order valence-electron chi connectivity index (χ3n) is 5.05. The van der Waals surface area contributed by atoms with Crippen LogP contribution in [0.5, 0.6) is 5.88 Å². The first kappa shape index (κ1) is 20.9. The van der Waals surface area contributed by atoms with Gasteiger partial charge in [0.25, 0.3) is 11.1 Å². The lowest BCUT2D eigenvalue weighted by Gasteiger charge is -2.35. The van der Waals surface area contributed by atoms with Crippen molar-refractivity contribution in [1.29, 1.82) is 0 Å². The normalized spacial score (nSPS) is 17.5. The predicted molar refractivity (Wildman–Crippen MR) is 121 cm³/mol. The van der Waals surface area contributed by atoms with Gasteiger partial charge in [-0.2, -0.15) is 4.98 Å². The van der Waals surface area contributed by atoms with Crippen LogP contribution in [-0.2, 0) is 11.4 Å². The SMILES string of the molecule is O=C1NC(=O)C(=Cc2cc(OCc3ccco3)nc(N3CCN(c4cncnc4)CC3)n2)S1. The molecule has 1 N–H and O–H groups in total. The molecular formula is C21H19N7O4S. The summed E-state index contributed by atoms with van der Waals surface area (Å²) >= 11 is 0.838. The van der Waals surface area contributed by atoms with Crippen LogP contribution >= 0.6 is 11.8 Å². The Labute approximate surface area is 192 Å². The standard InChI is InChI=1S/C21H19N7O4S/c29-19-17(33-21(30)26-19)8-14-9-18(32-12-16-2-1-7-31-16)25-20(24-14)28-5-3-27(4-6-28)15-10-22-13-23-11-15/h1-2,7-11,13H,3-6,12H2,(H,26,29,30). The Balaban J connectivity index is 1.37. The number of furan rings is 1. The minimum Gasteiger partial charge on any atom is -0.469 e. The number of amides is 2. The molecule has 168 valence electrons. The Morgan fingerprint density at radius 3 is 2.61 bits per heavy atom. The minimum absolute atomic E-state index is 0.203. The van der Waals surface area contributed by atoms with Gasteiger partial charge in [0.2, 0.25) is 11.8 Å². The molecule has 2 fully saturated rings. The van der Waals surface area contributed by atoms with E-state index in [1.54, 1.807) is 36.9 Å². The Morgan fingerprint density at radius 2 is 1.91 bits per heavy atom. The number of carbonyl (C=O) groups is 2. The first-order valence-electron chi connectivity index (χ1n) is 10.2. The van der Waals surface area contributed by atoms with E-state index >= 15 is 0 Å². The van der Waals surface area contributed by atoms with E-state index in [9.17, 15) is 9.59 Å². The van der Waals surface area contributed by atoms with Gasteiger partial charge in [-0.25, -0.2) is 15.0 Å². The quantitative estimate of drug-likeness (QED) is 0.538. The van der Waals surface area contributed by atoms with Crippen LogP contribution in [0.4, 0.5) is 16.4 Å². The number of nitrogens with one attached hydrogen (secondary N) is 1. The van der Waals surface area contributed by atoms with Gasteiger partial charge in [0.15, 0.2) is 0 Å². The molecule has 11 nitrogen and oxygen atoms in total. The maximum Gasteiger partial charge on any atom is 0.290 e. The number of hydrogen-bond acceptors (Lipinski definition) is 11. The van der Waals surface area contributed by atoms with Gasteiger partial charge in [0.1, 0.15) is 18.7 Å². The lowest BCUT2D eigenvalue weighted by Crippen LogP contribution is -2.47. The average molecular weight is 465 g/mol. The van der Waals surface area contributed by atoms with Crippen molar-refractivity contribution in [1.82, 2.24) is 25.3 Å². The topological polar surface area (TPSA) is 127 Å². The van der Waals surface area contributed by atoms with E-state index in [1.807, 2.05) is 6.07 Å². The van der Waals surface area contributed by atoms with Crippen molar-refractivity contribution in [2.45, 2.75) is 6.61 Å². The lowest BCUT2D eigenvalue weighted by atomic mass is 10.3. The Morgan fingerprint density at radius 1 is 1.12 bits per heavy atom. The van der Waals surface area contributed by atoms with Crippen LogP contribution in [0, 0.1) is 0 Å². The summed E-state index contributed by atoms with van der Waals surface area (Å²) in [6.07, 6.45) is 8.22. The molecule has 2 saturated heterocycles. The summed E-state index contributed by atoms with van der Waals surface area (Å²) in [5.41, 5.74) is 1.44. The van der Waals surface area contributed by atoms with Crippen molar-refractivity contribution < 1.29 is 18.7 Å². The second kappa shape index (κ2) is 9.28. The van der Waals surface area contributed by atoms with E-state index < -0.39 is 11.1 Å². The van der Waals surface area contributed by atoms with Crippen LogP contribution in [0.15, 0.2) is 52.5 Å². The van der Waals surface area contributed by atoms with E-state index in [2.05, 4.69) is 35.1 Å². The van der Waals surface area contributed by atoms with E-state index in [-0.39, 0.29) is 11.5 Å². The highest BCUT2D eigenvalue weighted by Crippen LogP contribution is 2.27. The van der Waals surface area contributed by atoms with Crippen LogP contribution in [0.25, 0.3) is 6.08 Å². The summed E-state index contributed by atoms with van der Waals surface area (Å²) in [7, 11) is 0. The second-order valence-corrected chi connectivity index (χ2v) is 8.24. The number of thioether (sulfide) groups is 1. The molecule has 2 amide bonds. The number of piperazine rings is 1. The molecule has 0 radical (unpaired) electrons. The predicted octanol–water partition coefficient (Wildman–Crippen LogP) is 2.09. The highest BCUT2D eigenvalue weighted by molar-refractivity contribution is 8.18. The van der Waals surface area contributed by atoms with Gasteiger partial charge in [-0.1, -0.05) is 0 Å². The van der Waals surface area contributed by atoms with Crippen LogP contribution in [0.1, 0.15) is 11.5 Å². The van der Waals surface area contributed by atoms with Crippen molar-refractivity contribution in [3.8, 4) is 5.88 Å². The van der Waals surface area contributed by atoms with Gasteiger partial charge in [0, 0.05) is 32.2 Å². The second-order valence-electron chi connectivity index (χ2n) is 7.22. The molecule has 0 saturated carbocycles. The molecule has 0 bridgehead atoms. The number of anilines is 2. The van der Waals surface area contributed by atoms with E-state index in [1.165, 1.54) is 6.33 Å². The van der Waals surface area contributed by atoms with E-state index in [4.69, 9.17) is 9.15 Å². The van der Waals surface area contributed by atoms with Gasteiger partial charge < -0.3 is 19.0 Å². The van der Waals surface area contributed by atoms with Gasteiger partial charge >= 0.3 is 0 Å². The number of imide groups is 1. The van der Waals surface area contributed by atoms with Gasteiger partial charge in [0.05, 0.1) is 34.9 Å². The molecule has 12 heteroatoms. The molecule has 0 atom stereocenters. The average Bonchev–Trinajstić information content (AvgIpc) is 3.47. The summed E-state index contributed by atoms with van der Waals surface area (Å²) in [6, 6.07) is 5.22. The smallest absolute Gasteiger partial charge is 0.290 e. The summed E-state index contributed by atoms with van der Waals surface area (Å²) in [4.78, 5) is 45.4. The maximum atomic E-state index is 12.0. The number of hydrogen-bond donors (Lipinski definition) is 1. The Kier molecular flexibility index (Phi) is 5.89. The molecule has 0 aromatic carbocycles. The molecule has 33 heavy (non-hydrogen) atoms. The van der Waals surface area contributed by atoms with Crippen molar-refractivity contribution in [3.63, 3.8) is 0 Å². The number of nitrogens with zero attached hydrogens (tertiary/aromatic N) is 6. The molecule has 3 aromatic rings. The highest BCUT2D eigenvalue weighted by Gasteiger charge is 2.26. The van der Waals surface area contributed by atoms with Gasteiger partial charge in [-0.15, -0.1) is 0 Å². The fourth-order valence-electron chi connectivity index (χ4n) is 3.43. The van der Waals surface area contributed by atoms with Crippen molar-refractivity contribution in [2.75, 3.05) is 36.0 Å². The zero-order valence-electron chi connectivity index (χ0n) is 17.4. The summed E-state index contributed by atoms with van der Waals surface area (Å²) in [5, 5.41) is 1.84. The number of rotatable bonds is 6. The summed E-state index contributed by atoms with van der Waals surface area (Å²) < 4.78 is 11.1. The molecule has 2 aliphatic rings.